The predicted octanol–water partition coefficient (Wildman–Crippen LogP) is 3.92. The molecule has 1 aliphatic carbocycles. The van der Waals surface area contributed by atoms with Gasteiger partial charge in [-0.25, -0.2) is 14.6 Å². The first-order valence-electron chi connectivity index (χ1n) is 11.1. The standard InChI is InChI=1S/C24H21ClN6O3/c25-16-2-1-3-17(11-16)31-23-18(12-28-31)22(29-21(30-23)14-4-5-14)26-8-9-27-24(32)15-6-7-19-20(10-15)34-13-33-19/h1-3,6-7,10-12,14H,4-5,8-9,13H2,(H,27,32)(H,26,29,30). The largest absolute Gasteiger partial charge is 0.454 e. The number of nitrogens with one attached hydrogen (secondary N) is 2. The van der Waals surface area contributed by atoms with Crippen molar-refractivity contribution in [3.05, 3.63) is 65.1 Å². The summed E-state index contributed by atoms with van der Waals surface area (Å²) in [5.74, 6) is 2.94. The molecule has 2 aliphatic rings. The van der Waals surface area contributed by atoms with E-state index in [1.165, 1.54) is 0 Å². The topological polar surface area (TPSA) is 103 Å². The van der Waals surface area contributed by atoms with Gasteiger partial charge in [0, 0.05) is 29.6 Å². The van der Waals surface area contributed by atoms with E-state index in [9.17, 15) is 4.79 Å². The van der Waals surface area contributed by atoms with Crippen LogP contribution in [0, 0.1) is 0 Å². The van der Waals surface area contributed by atoms with Crippen molar-refractivity contribution >= 4 is 34.4 Å². The molecule has 0 atom stereocenters. The molecule has 0 bridgehead atoms. The van der Waals surface area contributed by atoms with E-state index in [1.807, 2.05) is 24.3 Å². The molecule has 1 fully saturated rings. The van der Waals surface area contributed by atoms with Crippen LogP contribution < -0.4 is 20.1 Å². The van der Waals surface area contributed by atoms with Crippen LogP contribution in [0.5, 0.6) is 11.5 Å². The summed E-state index contributed by atoms with van der Waals surface area (Å²) in [5.41, 5.74) is 2.09. The number of carbonyl (C=O) groups is 1. The fourth-order valence-corrected chi connectivity index (χ4v) is 4.06. The quantitative estimate of drug-likeness (QED) is 0.390. The Labute approximate surface area is 200 Å². The van der Waals surface area contributed by atoms with E-state index < -0.39 is 0 Å². The molecule has 172 valence electrons. The average Bonchev–Trinajstić information content (AvgIpc) is 3.43. The third-order valence-corrected chi connectivity index (χ3v) is 6.01. The Bertz CT molecular complexity index is 1400. The Kier molecular flexibility index (Phi) is 5.18. The smallest absolute Gasteiger partial charge is 0.251 e. The van der Waals surface area contributed by atoms with Crippen LogP contribution in [0.25, 0.3) is 16.7 Å². The van der Waals surface area contributed by atoms with Crippen LogP contribution in [0.2, 0.25) is 5.02 Å². The fourth-order valence-electron chi connectivity index (χ4n) is 3.88. The number of fused-ring (bicyclic) bond motifs is 2. The highest BCUT2D eigenvalue weighted by molar-refractivity contribution is 6.30. The first-order chi connectivity index (χ1) is 16.7. The molecule has 6 rings (SSSR count). The molecule has 2 aromatic heterocycles. The van der Waals surface area contributed by atoms with Crippen molar-refractivity contribution in [1.29, 1.82) is 0 Å². The van der Waals surface area contributed by atoms with Gasteiger partial charge in [0.2, 0.25) is 6.79 Å². The van der Waals surface area contributed by atoms with E-state index in [4.69, 9.17) is 31.0 Å². The summed E-state index contributed by atoms with van der Waals surface area (Å²) < 4.78 is 12.4. The lowest BCUT2D eigenvalue weighted by atomic mass is 10.2. The lowest BCUT2D eigenvalue weighted by molar-refractivity contribution is 0.0954. The summed E-state index contributed by atoms with van der Waals surface area (Å²) in [6.07, 6.45) is 3.92. The van der Waals surface area contributed by atoms with Gasteiger partial charge in [-0.15, -0.1) is 0 Å². The number of hydrogen-bond acceptors (Lipinski definition) is 7. The fraction of sp³-hybridized carbons (Fsp3) is 0.250. The third kappa shape index (κ3) is 3.99. The summed E-state index contributed by atoms with van der Waals surface area (Å²) in [5, 5.41) is 12.2. The number of anilines is 1. The van der Waals surface area contributed by atoms with Crippen LogP contribution >= 0.6 is 11.6 Å². The van der Waals surface area contributed by atoms with Crippen LogP contribution in [0.15, 0.2) is 48.7 Å². The SMILES string of the molecule is O=C(NCCNc1nc(C2CC2)nc2c1cnn2-c1cccc(Cl)c1)c1ccc2c(c1)OCO2. The summed E-state index contributed by atoms with van der Waals surface area (Å²) >= 11 is 6.18. The molecule has 0 unspecified atom stereocenters. The molecule has 2 aromatic carbocycles. The van der Waals surface area contributed by atoms with E-state index >= 15 is 0 Å². The highest BCUT2D eigenvalue weighted by Crippen LogP contribution is 2.39. The Morgan fingerprint density at radius 2 is 1.97 bits per heavy atom. The number of benzene rings is 2. The van der Waals surface area contributed by atoms with Crippen LogP contribution in [-0.2, 0) is 0 Å². The van der Waals surface area contributed by atoms with Gasteiger partial charge in [0.15, 0.2) is 17.1 Å². The second-order valence-corrected chi connectivity index (χ2v) is 8.67. The molecule has 34 heavy (non-hydrogen) atoms. The minimum Gasteiger partial charge on any atom is -0.454 e. The zero-order valence-electron chi connectivity index (χ0n) is 18.1. The Balaban J connectivity index is 1.18. The maximum Gasteiger partial charge on any atom is 0.251 e. The normalized spacial score (nSPS) is 14.4. The average molecular weight is 477 g/mol. The maximum atomic E-state index is 12.5. The summed E-state index contributed by atoms with van der Waals surface area (Å²) in [7, 11) is 0. The number of carbonyl (C=O) groups excluding carboxylic acids is 1. The molecule has 10 heteroatoms. The molecular weight excluding hydrogens is 456 g/mol. The van der Waals surface area contributed by atoms with E-state index in [0.717, 1.165) is 35.4 Å². The first-order valence-corrected chi connectivity index (χ1v) is 11.5. The first kappa shape index (κ1) is 20.7. The molecule has 1 aliphatic heterocycles. The van der Waals surface area contributed by atoms with Crippen molar-refractivity contribution in [2.45, 2.75) is 18.8 Å². The van der Waals surface area contributed by atoms with Crippen LogP contribution in [0.4, 0.5) is 5.82 Å². The molecule has 0 saturated heterocycles. The van der Waals surface area contributed by atoms with Gasteiger partial charge in [-0.3, -0.25) is 4.79 Å². The van der Waals surface area contributed by atoms with Crippen LogP contribution in [-0.4, -0.2) is 45.5 Å². The molecule has 9 nitrogen and oxygen atoms in total. The van der Waals surface area contributed by atoms with Gasteiger partial charge in [0.05, 0.1) is 17.3 Å². The zero-order chi connectivity index (χ0) is 23.1. The maximum absolute atomic E-state index is 12.5. The number of rotatable bonds is 7. The summed E-state index contributed by atoms with van der Waals surface area (Å²) in [6.45, 7) is 1.09. The van der Waals surface area contributed by atoms with Crippen molar-refractivity contribution in [2.75, 3.05) is 25.2 Å². The molecule has 1 saturated carbocycles. The number of amides is 1. The highest BCUT2D eigenvalue weighted by Gasteiger charge is 2.28. The Hall–Kier alpha value is -3.85. The van der Waals surface area contributed by atoms with E-state index in [0.29, 0.717) is 46.9 Å². The highest BCUT2D eigenvalue weighted by atomic mass is 35.5. The number of ether oxygens (including phenoxy) is 2. The molecule has 0 spiro atoms. The molecule has 0 radical (unpaired) electrons. The van der Waals surface area contributed by atoms with Gasteiger partial charge in [-0.05, 0) is 49.2 Å². The van der Waals surface area contributed by atoms with Crippen molar-refractivity contribution < 1.29 is 14.3 Å². The minimum atomic E-state index is -0.180. The number of hydrogen-bond donors (Lipinski definition) is 2. The minimum absolute atomic E-state index is 0.175. The van der Waals surface area contributed by atoms with E-state index in [2.05, 4.69) is 15.7 Å². The summed E-state index contributed by atoms with van der Waals surface area (Å²) in [4.78, 5) is 22.1. The summed E-state index contributed by atoms with van der Waals surface area (Å²) in [6, 6.07) is 12.6. The monoisotopic (exact) mass is 476 g/mol. The van der Waals surface area contributed by atoms with Gasteiger partial charge >= 0.3 is 0 Å². The second-order valence-electron chi connectivity index (χ2n) is 8.23. The van der Waals surface area contributed by atoms with Gasteiger partial charge in [-0.2, -0.15) is 5.10 Å². The number of aromatic nitrogens is 4. The van der Waals surface area contributed by atoms with E-state index in [1.54, 1.807) is 29.1 Å². The van der Waals surface area contributed by atoms with Gasteiger partial charge < -0.3 is 20.1 Å². The number of nitrogens with zero attached hydrogens (tertiary/aromatic N) is 4. The second kappa shape index (κ2) is 8.49. The Morgan fingerprint density at radius 1 is 1.09 bits per heavy atom. The molecular formula is C24H21ClN6O3. The third-order valence-electron chi connectivity index (χ3n) is 5.78. The van der Waals surface area contributed by atoms with Crippen molar-refractivity contribution in [3.63, 3.8) is 0 Å². The number of halogens is 1. The molecule has 1 amide bonds. The molecule has 4 aromatic rings. The van der Waals surface area contributed by atoms with Gasteiger partial charge in [0.25, 0.3) is 5.91 Å². The van der Waals surface area contributed by atoms with Gasteiger partial charge in [0.1, 0.15) is 11.6 Å². The van der Waals surface area contributed by atoms with E-state index in [-0.39, 0.29) is 12.7 Å². The van der Waals surface area contributed by atoms with Crippen molar-refractivity contribution in [1.82, 2.24) is 25.1 Å². The van der Waals surface area contributed by atoms with Crippen molar-refractivity contribution in [3.8, 4) is 17.2 Å². The van der Waals surface area contributed by atoms with Crippen LogP contribution in [0.1, 0.15) is 34.9 Å². The molecule has 3 heterocycles. The lowest BCUT2D eigenvalue weighted by Crippen LogP contribution is -2.29. The zero-order valence-corrected chi connectivity index (χ0v) is 18.9. The lowest BCUT2D eigenvalue weighted by Gasteiger charge is -2.11. The predicted molar refractivity (Wildman–Crippen MR) is 127 cm³/mol. The van der Waals surface area contributed by atoms with Gasteiger partial charge in [-0.1, -0.05) is 17.7 Å². The Morgan fingerprint density at radius 3 is 2.82 bits per heavy atom. The van der Waals surface area contributed by atoms with Crippen molar-refractivity contribution in [2.24, 2.45) is 0 Å². The van der Waals surface area contributed by atoms with Crippen LogP contribution in [0.3, 0.4) is 0 Å². The molecule has 2 N–H and O–H groups in total.